The summed E-state index contributed by atoms with van der Waals surface area (Å²) in [5.74, 6) is -1.06. The van der Waals surface area contributed by atoms with Gasteiger partial charge in [-0.1, -0.05) is 35.9 Å². The first kappa shape index (κ1) is 19.6. The molecule has 0 saturated heterocycles. The Labute approximate surface area is 163 Å². The molecule has 1 heterocycles. The Morgan fingerprint density at radius 2 is 1.71 bits per heavy atom. The first-order valence-electron chi connectivity index (χ1n) is 8.48. The van der Waals surface area contributed by atoms with Crippen molar-refractivity contribution in [2.24, 2.45) is 0 Å². The number of methoxy groups -OCH3 is 1. The summed E-state index contributed by atoms with van der Waals surface area (Å²) in [5, 5.41) is 0.559. The molecule has 0 spiro atoms. The maximum atomic E-state index is 13.0. The second-order valence-electron chi connectivity index (χ2n) is 6.42. The number of hydrogen-bond donors (Lipinski definition) is 0. The molecule has 0 amide bonds. The Morgan fingerprint density at radius 3 is 2.32 bits per heavy atom. The van der Waals surface area contributed by atoms with Crippen LogP contribution in [0.4, 0.5) is 5.69 Å². The average molecular weight is 400 g/mol. The molecule has 7 nitrogen and oxygen atoms in total. The van der Waals surface area contributed by atoms with Crippen LogP contribution < -0.4 is 4.31 Å². The number of aryl methyl sites for hydroxylation is 1. The van der Waals surface area contributed by atoms with Crippen LogP contribution >= 0.6 is 0 Å². The lowest BCUT2D eigenvalue weighted by Crippen LogP contribution is -2.36. The van der Waals surface area contributed by atoms with Crippen LogP contribution in [0.5, 0.6) is 0 Å². The molecule has 1 aromatic heterocycles. The summed E-state index contributed by atoms with van der Waals surface area (Å²) in [4.78, 5) is 25.0. The lowest BCUT2D eigenvalue weighted by atomic mass is 10.2. The predicted molar refractivity (Wildman–Crippen MR) is 107 cm³/mol. The highest BCUT2D eigenvalue weighted by Crippen LogP contribution is 2.23. The van der Waals surface area contributed by atoms with Crippen LogP contribution in [0.15, 0.2) is 54.7 Å². The molecule has 0 N–H and O–H groups in total. The molecule has 8 heteroatoms. The van der Waals surface area contributed by atoms with Gasteiger partial charge in [0, 0.05) is 11.6 Å². The number of nitrogens with zero attached hydrogens (tertiary/aromatic N) is 2. The first-order chi connectivity index (χ1) is 13.2. The van der Waals surface area contributed by atoms with E-state index in [9.17, 15) is 18.0 Å². The van der Waals surface area contributed by atoms with Crippen molar-refractivity contribution in [3.05, 3.63) is 65.9 Å². The van der Waals surface area contributed by atoms with Crippen molar-refractivity contribution >= 4 is 38.5 Å². The van der Waals surface area contributed by atoms with Crippen molar-refractivity contribution in [3.8, 4) is 0 Å². The fourth-order valence-corrected chi connectivity index (χ4v) is 3.82. The monoisotopic (exact) mass is 400 g/mol. The Hall–Kier alpha value is -3.13. The van der Waals surface area contributed by atoms with E-state index in [1.54, 1.807) is 48.5 Å². The predicted octanol–water partition coefficient (Wildman–Crippen LogP) is 2.84. The summed E-state index contributed by atoms with van der Waals surface area (Å²) >= 11 is 0. The molecule has 0 radical (unpaired) electrons. The van der Waals surface area contributed by atoms with Gasteiger partial charge >= 0.3 is 5.97 Å². The van der Waals surface area contributed by atoms with Crippen LogP contribution in [0.25, 0.3) is 10.9 Å². The lowest BCUT2D eigenvalue weighted by molar-refractivity contribution is 0.0603. The quantitative estimate of drug-likeness (QED) is 0.615. The molecular weight excluding hydrogens is 380 g/mol. The van der Waals surface area contributed by atoms with Crippen molar-refractivity contribution < 1.29 is 22.7 Å². The Kier molecular flexibility index (Phi) is 5.24. The normalized spacial score (nSPS) is 11.4. The molecule has 146 valence electrons. The summed E-state index contributed by atoms with van der Waals surface area (Å²) in [6, 6.07) is 13.7. The standard InChI is InChI=1S/C20H20N2O5S/c1-14-8-10-15(11-9-14)22(28(3,25)26)13-19(23)21-12-17(20(24)27-2)16-6-4-5-7-18(16)21/h4-12H,13H2,1-3H3. The van der Waals surface area contributed by atoms with Gasteiger partial charge in [-0.3, -0.25) is 13.7 Å². The minimum absolute atomic E-state index is 0.243. The smallest absolute Gasteiger partial charge is 0.340 e. The molecular formula is C20H20N2O5S. The maximum Gasteiger partial charge on any atom is 0.340 e. The number of anilines is 1. The van der Waals surface area contributed by atoms with Crippen molar-refractivity contribution in [3.63, 3.8) is 0 Å². The van der Waals surface area contributed by atoms with E-state index in [0.29, 0.717) is 16.6 Å². The van der Waals surface area contributed by atoms with Gasteiger partial charge in [-0.2, -0.15) is 0 Å². The molecule has 0 aliphatic rings. The fraction of sp³-hybridized carbons (Fsp3) is 0.200. The Bertz CT molecular complexity index is 1150. The molecule has 0 fully saturated rings. The van der Waals surface area contributed by atoms with Crippen molar-refractivity contribution in [1.29, 1.82) is 0 Å². The molecule has 28 heavy (non-hydrogen) atoms. The van der Waals surface area contributed by atoms with E-state index in [0.717, 1.165) is 16.1 Å². The summed E-state index contributed by atoms with van der Waals surface area (Å²) in [7, 11) is -2.43. The number of rotatable bonds is 5. The van der Waals surface area contributed by atoms with Crippen LogP contribution in [0.3, 0.4) is 0 Å². The van der Waals surface area contributed by atoms with E-state index in [1.165, 1.54) is 17.9 Å². The minimum Gasteiger partial charge on any atom is -0.465 e. The number of para-hydroxylation sites is 1. The number of ether oxygens (including phenoxy) is 1. The molecule has 0 saturated carbocycles. The first-order valence-corrected chi connectivity index (χ1v) is 10.3. The highest BCUT2D eigenvalue weighted by molar-refractivity contribution is 7.92. The van der Waals surface area contributed by atoms with Crippen LogP contribution in [0.1, 0.15) is 20.7 Å². The Morgan fingerprint density at radius 1 is 1.07 bits per heavy atom. The molecule has 0 bridgehead atoms. The third-order valence-electron chi connectivity index (χ3n) is 4.39. The van der Waals surface area contributed by atoms with Crippen LogP contribution in [-0.4, -0.2) is 44.8 Å². The van der Waals surface area contributed by atoms with E-state index in [2.05, 4.69) is 0 Å². The largest absolute Gasteiger partial charge is 0.465 e. The number of carbonyl (C=O) groups excluding carboxylic acids is 2. The maximum absolute atomic E-state index is 13.0. The number of sulfonamides is 1. The summed E-state index contributed by atoms with van der Waals surface area (Å²) in [6.45, 7) is 1.49. The molecule has 2 aromatic carbocycles. The Balaban J connectivity index is 2.03. The summed E-state index contributed by atoms with van der Waals surface area (Å²) in [5.41, 5.74) is 2.12. The second-order valence-corrected chi connectivity index (χ2v) is 8.33. The zero-order valence-electron chi connectivity index (χ0n) is 15.7. The van der Waals surface area contributed by atoms with Gasteiger partial charge in [-0.25, -0.2) is 13.2 Å². The molecule has 0 unspecified atom stereocenters. The fourth-order valence-electron chi connectivity index (χ4n) is 2.97. The van der Waals surface area contributed by atoms with Crippen molar-refractivity contribution in [1.82, 2.24) is 4.57 Å². The molecule has 0 atom stereocenters. The second kappa shape index (κ2) is 7.47. The van der Waals surface area contributed by atoms with Gasteiger partial charge in [-0.15, -0.1) is 0 Å². The van der Waals surface area contributed by atoms with Gasteiger partial charge < -0.3 is 4.74 Å². The molecule has 3 aromatic rings. The van der Waals surface area contributed by atoms with Crippen LogP contribution in [0.2, 0.25) is 0 Å². The SMILES string of the molecule is COC(=O)c1cn(C(=O)CN(c2ccc(C)cc2)S(C)(=O)=O)c2ccccc12. The van der Waals surface area contributed by atoms with Gasteiger partial charge in [0.15, 0.2) is 0 Å². The third-order valence-corrected chi connectivity index (χ3v) is 5.53. The van der Waals surface area contributed by atoms with E-state index in [-0.39, 0.29) is 5.56 Å². The third kappa shape index (κ3) is 3.77. The van der Waals surface area contributed by atoms with Gasteiger partial charge in [0.05, 0.1) is 30.1 Å². The van der Waals surface area contributed by atoms with E-state index >= 15 is 0 Å². The topological polar surface area (TPSA) is 85.7 Å². The number of fused-ring (bicyclic) bond motifs is 1. The van der Waals surface area contributed by atoms with Crippen molar-refractivity contribution in [2.45, 2.75) is 6.92 Å². The number of carbonyl (C=O) groups is 2. The van der Waals surface area contributed by atoms with Crippen molar-refractivity contribution in [2.75, 3.05) is 24.2 Å². The summed E-state index contributed by atoms with van der Waals surface area (Å²) < 4.78 is 31.7. The summed E-state index contributed by atoms with van der Waals surface area (Å²) in [6.07, 6.45) is 2.43. The van der Waals surface area contributed by atoms with Gasteiger partial charge in [0.2, 0.25) is 10.0 Å². The average Bonchev–Trinajstić information content (AvgIpc) is 3.05. The zero-order valence-corrected chi connectivity index (χ0v) is 16.6. The molecule has 3 rings (SSSR count). The number of hydrogen-bond acceptors (Lipinski definition) is 5. The molecule has 0 aliphatic heterocycles. The van der Waals surface area contributed by atoms with Crippen LogP contribution in [-0.2, 0) is 14.8 Å². The number of aromatic nitrogens is 1. The van der Waals surface area contributed by atoms with E-state index in [1.807, 2.05) is 6.92 Å². The number of esters is 1. The zero-order chi connectivity index (χ0) is 20.5. The van der Waals surface area contributed by atoms with E-state index < -0.39 is 28.4 Å². The van der Waals surface area contributed by atoms with Crippen LogP contribution in [0, 0.1) is 6.92 Å². The van der Waals surface area contributed by atoms with Gasteiger partial charge in [0.25, 0.3) is 5.91 Å². The number of benzene rings is 2. The van der Waals surface area contributed by atoms with Gasteiger partial charge in [-0.05, 0) is 25.1 Å². The lowest BCUT2D eigenvalue weighted by Gasteiger charge is -2.22. The highest BCUT2D eigenvalue weighted by Gasteiger charge is 2.24. The minimum atomic E-state index is -3.69. The van der Waals surface area contributed by atoms with E-state index in [4.69, 9.17) is 4.74 Å². The highest BCUT2D eigenvalue weighted by atomic mass is 32.2. The molecule has 0 aliphatic carbocycles. The van der Waals surface area contributed by atoms with Gasteiger partial charge in [0.1, 0.15) is 6.54 Å².